The fourth-order valence-electron chi connectivity index (χ4n) is 10.2. The van der Waals surface area contributed by atoms with Crippen molar-refractivity contribution in [1.82, 2.24) is 26.2 Å². The molecular formula is C42H69N5O7S. The Kier molecular flexibility index (Phi) is 13.6. The van der Waals surface area contributed by atoms with Gasteiger partial charge >= 0.3 is 6.03 Å². The van der Waals surface area contributed by atoms with Crippen LogP contribution in [0.25, 0.3) is 0 Å². The zero-order valence-corrected chi connectivity index (χ0v) is 35.1. The summed E-state index contributed by atoms with van der Waals surface area (Å²) in [5.74, 6) is -2.28. The number of ketones is 1. The van der Waals surface area contributed by atoms with Crippen molar-refractivity contribution in [2.24, 2.45) is 22.7 Å². The van der Waals surface area contributed by atoms with Gasteiger partial charge in [-0.3, -0.25) is 19.2 Å². The number of hydrogen-bond donors (Lipinski definition) is 4. The highest BCUT2D eigenvalue weighted by Crippen LogP contribution is 2.66. The Morgan fingerprint density at radius 2 is 1.55 bits per heavy atom. The van der Waals surface area contributed by atoms with Crippen molar-refractivity contribution in [3.63, 3.8) is 0 Å². The molecule has 4 saturated carbocycles. The van der Waals surface area contributed by atoms with E-state index in [0.717, 1.165) is 77.0 Å². The van der Waals surface area contributed by atoms with Crippen molar-refractivity contribution in [2.45, 2.75) is 179 Å². The Balaban J connectivity index is 1.44. The third kappa shape index (κ3) is 9.61. The van der Waals surface area contributed by atoms with Crippen LogP contribution in [0.1, 0.15) is 150 Å². The monoisotopic (exact) mass is 787 g/mol. The lowest BCUT2D eigenvalue weighted by Gasteiger charge is -2.44. The van der Waals surface area contributed by atoms with Crippen LogP contribution in [0.4, 0.5) is 4.79 Å². The number of rotatable bonds is 16. The topological polar surface area (TPSA) is 171 Å². The molecule has 310 valence electrons. The minimum absolute atomic E-state index is 0.0916. The number of urea groups is 1. The molecule has 1 aliphatic heterocycles. The Morgan fingerprint density at radius 1 is 0.909 bits per heavy atom. The lowest BCUT2D eigenvalue weighted by Crippen LogP contribution is -2.64. The van der Waals surface area contributed by atoms with Gasteiger partial charge in [-0.25, -0.2) is 13.2 Å². The first-order valence-corrected chi connectivity index (χ1v) is 22.9. The molecule has 1 saturated heterocycles. The molecular weight excluding hydrogens is 719 g/mol. The van der Waals surface area contributed by atoms with Crippen LogP contribution in [0, 0.1) is 22.7 Å². The predicted octanol–water partition coefficient (Wildman–Crippen LogP) is 5.49. The summed E-state index contributed by atoms with van der Waals surface area (Å²) in [5.41, 5.74) is -1.42. The van der Waals surface area contributed by atoms with E-state index in [0.29, 0.717) is 45.2 Å². The van der Waals surface area contributed by atoms with E-state index in [9.17, 15) is 27.6 Å². The fraction of sp³-hybridized carbons (Fsp3) is 0.833. The van der Waals surface area contributed by atoms with Gasteiger partial charge in [0.2, 0.25) is 17.6 Å². The van der Waals surface area contributed by atoms with E-state index in [4.69, 9.17) is 0 Å². The largest absolute Gasteiger partial charge is 0.349 e. The number of likely N-dealkylation sites (tertiary alicyclic amines) is 1. The van der Waals surface area contributed by atoms with E-state index in [-0.39, 0.29) is 35.3 Å². The van der Waals surface area contributed by atoms with Crippen LogP contribution in [-0.4, -0.2) is 90.1 Å². The van der Waals surface area contributed by atoms with E-state index in [1.54, 1.807) is 31.7 Å². The van der Waals surface area contributed by atoms with Crippen LogP contribution in [0.5, 0.6) is 0 Å². The molecule has 0 aromatic heterocycles. The quantitative estimate of drug-likeness (QED) is 0.0910. The number of sulfone groups is 1. The first-order valence-electron chi connectivity index (χ1n) is 21.3. The molecule has 12 nitrogen and oxygen atoms in total. The Labute approximate surface area is 329 Å². The number of unbranched alkanes of at least 4 members (excludes halogenated alkanes) is 1. The van der Waals surface area contributed by atoms with Crippen LogP contribution in [0.15, 0.2) is 12.7 Å². The van der Waals surface area contributed by atoms with Crippen LogP contribution in [0.2, 0.25) is 0 Å². The Bertz CT molecular complexity index is 1560. The summed E-state index contributed by atoms with van der Waals surface area (Å²) in [7, 11) is -3.57. The highest BCUT2D eigenvalue weighted by atomic mass is 32.2. The molecule has 4 aliphatic carbocycles. The summed E-state index contributed by atoms with van der Waals surface area (Å²) in [6, 6.07) is -3.38. The lowest BCUT2D eigenvalue weighted by molar-refractivity contribution is -0.145. The van der Waals surface area contributed by atoms with Gasteiger partial charge in [-0.1, -0.05) is 58.4 Å². The maximum absolute atomic E-state index is 15.2. The van der Waals surface area contributed by atoms with Crippen LogP contribution in [0.3, 0.4) is 0 Å². The average molecular weight is 788 g/mol. The van der Waals surface area contributed by atoms with Crippen LogP contribution < -0.4 is 21.3 Å². The van der Waals surface area contributed by atoms with E-state index >= 15 is 4.79 Å². The molecule has 1 heterocycles. The number of carbonyl (C=O) groups excluding carboxylic acids is 5. The maximum atomic E-state index is 15.2. The van der Waals surface area contributed by atoms with Crippen molar-refractivity contribution in [2.75, 3.05) is 18.8 Å². The fourth-order valence-corrected chi connectivity index (χ4v) is 11.8. The molecule has 1 spiro atoms. The number of nitrogens with zero attached hydrogens (tertiary/aromatic N) is 1. The highest BCUT2D eigenvalue weighted by molar-refractivity contribution is 7.92. The lowest BCUT2D eigenvalue weighted by atomic mass is 9.70. The van der Waals surface area contributed by atoms with Crippen LogP contribution in [-0.2, 0) is 29.0 Å². The molecule has 5 aliphatic rings. The number of Topliss-reactive ketones (excluding diaryl/α,β-unsaturated/α-hetero) is 1. The molecule has 0 aromatic carbocycles. The first kappa shape index (κ1) is 43.2. The van der Waals surface area contributed by atoms with Crippen LogP contribution >= 0.6 is 0 Å². The molecule has 5 atom stereocenters. The molecule has 0 radical (unpaired) electrons. The number of hydrogen-bond acceptors (Lipinski definition) is 7. The van der Waals surface area contributed by atoms with Crippen molar-refractivity contribution in [1.29, 1.82) is 0 Å². The summed E-state index contributed by atoms with van der Waals surface area (Å²) in [6.07, 6.45) is 15.7. The van der Waals surface area contributed by atoms with Crippen molar-refractivity contribution in [3.05, 3.63) is 12.7 Å². The van der Waals surface area contributed by atoms with Gasteiger partial charge in [-0.2, -0.15) is 0 Å². The Hall–Kier alpha value is -2.96. The molecule has 13 heteroatoms. The summed E-state index contributed by atoms with van der Waals surface area (Å²) in [4.78, 5) is 72.0. The molecule has 55 heavy (non-hydrogen) atoms. The second-order valence-corrected chi connectivity index (χ2v) is 21.7. The van der Waals surface area contributed by atoms with Gasteiger partial charge in [0.1, 0.15) is 12.1 Å². The van der Waals surface area contributed by atoms with Gasteiger partial charge in [0.15, 0.2) is 9.84 Å². The average Bonchev–Trinajstić information content (AvgIpc) is 3.70. The number of amides is 5. The van der Waals surface area contributed by atoms with E-state index in [1.807, 2.05) is 13.8 Å². The summed E-state index contributed by atoms with van der Waals surface area (Å²) >= 11 is 0. The van der Waals surface area contributed by atoms with Crippen molar-refractivity contribution >= 4 is 39.4 Å². The van der Waals surface area contributed by atoms with Gasteiger partial charge in [0.05, 0.1) is 22.1 Å². The molecule has 1 unspecified atom stereocenters. The normalized spacial score (nSPS) is 26.3. The standard InChI is InChI=1S/C42H69N5O7S/c1-7-9-12-17-31(33(48)36(50)43-26-8-2)44-35(49)32-29-18-23-41(24-25-41)30(29)27-47(32)37(51)34(40(6)19-13-10-14-20-40)45-38(52)46-42(21-15-11-16-22-42)28-55(53,54)39(3,4)5/h7,29-32,34H,1,8-28H2,2-6H3,(H,43,50)(H,44,49)(H2,45,46,52)/t29-,30-,31?,32-,34+/m0/s1. The van der Waals surface area contributed by atoms with E-state index in [1.165, 1.54) is 0 Å². The zero-order chi connectivity index (χ0) is 40.2. The number of fused-ring (bicyclic) bond motifs is 2. The van der Waals surface area contributed by atoms with Gasteiger partial charge in [-0.15, -0.1) is 6.58 Å². The molecule has 5 rings (SSSR count). The molecule has 0 bridgehead atoms. The third-order valence-corrected chi connectivity index (χ3v) is 16.8. The minimum Gasteiger partial charge on any atom is -0.349 e. The van der Waals surface area contributed by atoms with Gasteiger partial charge in [0.25, 0.3) is 5.91 Å². The summed E-state index contributed by atoms with van der Waals surface area (Å²) in [5, 5.41) is 11.8. The minimum atomic E-state index is -3.57. The van der Waals surface area contributed by atoms with Crippen molar-refractivity contribution < 1.29 is 32.4 Å². The molecule has 4 N–H and O–H groups in total. The second kappa shape index (κ2) is 17.3. The SMILES string of the molecule is C=CCCCC(NC(=O)[C@@H]1[C@H]2CCC3(CC3)[C@H]2CN1C(=O)[C@@H](NC(=O)NC1(CS(=O)(=O)C(C)(C)C)CCCCC1)C1(C)CCCCC1)C(=O)C(=O)NCCC. The molecule has 0 aromatic rings. The predicted molar refractivity (Wildman–Crippen MR) is 214 cm³/mol. The summed E-state index contributed by atoms with van der Waals surface area (Å²) < 4.78 is 26.1. The van der Waals surface area contributed by atoms with E-state index in [2.05, 4.69) is 27.8 Å². The molecule has 5 fully saturated rings. The van der Waals surface area contributed by atoms with Crippen molar-refractivity contribution in [3.8, 4) is 0 Å². The smallest absolute Gasteiger partial charge is 0.315 e. The zero-order valence-electron chi connectivity index (χ0n) is 34.2. The third-order valence-electron chi connectivity index (χ3n) is 14.0. The Morgan fingerprint density at radius 3 is 2.13 bits per heavy atom. The summed E-state index contributed by atoms with van der Waals surface area (Å²) in [6.45, 7) is 13.5. The van der Waals surface area contributed by atoms with Gasteiger partial charge in [0, 0.05) is 13.1 Å². The molecule has 5 amide bonds. The first-order chi connectivity index (χ1) is 25.9. The van der Waals surface area contributed by atoms with Gasteiger partial charge < -0.3 is 26.2 Å². The van der Waals surface area contributed by atoms with Gasteiger partial charge in [-0.05, 0) is 120 Å². The number of nitrogens with one attached hydrogen (secondary N) is 4. The second-order valence-electron chi connectivity index (χ2n) is 19.0. The van der Waals surface area contributed by atoms with E-state index < -0.39 is 67.3 Å². The number of allylic oxidation sites excluding steroid dienone is 1. The highest BCUT2D eigenvalue weighted by Gasteiger charge is 2.64. The number of carbonyl (C=O) groups is 5. The maximum Gasteiger partial charge on any atom is 0.315 e.